The lowest BCUT2D eigenvalue weighted by molar-refractivity contribution is -0.148. The van der Waals surface area contributed by atoms with E-state index < -0.39 is 29.4 Å². The molecule has 5 amide bonds. The predicted octanol–water partition coefficient (Wildman–Crippen LogP) is 9.20. The number of halogens is 2. The van der Waals surface area contributed by atoms with Gasteiger partial charge in [-0.25, -0.2) is 9.59 Å². The molecule has 0 spiro atoms. The fourth-order valence-electron chi connectivity index (χ4n) is 8.36. The Morgan fingerprint density at radius 1 is 0.533 bits per heavy atom. The van der Waals surface area contributed by atoms with Crippen molar-refractivity contribution in [3.63, 3.8) is 0 Å². The van der Waals surface area contributed by atoms with Crippen LogP contribution in [0, 0.1) is 0 Å². The summed E-state index contributed by atoms with van der Waals surface area (Å²) in [6, 6.07) is 14.6. The average molecular weight is 1360 g/mol. The molecule has 3 atom stereocenters. The van der Waals surface area contributed by atoms with Gasteiger partial charge >= 0.3 is 24.1 Å². The Labute approximate surface area is 550 Å². The van der Waals surface area contributed by atoms with E-state index in [0.29, 0.717) is 103 Å². The van der Waals surface area contributed by atoms with Crippen LogP contribution in [0.4, 0.5) is 9.59 Å². The molecule has 2 aromatic rings. The van der Waals surface area contributed by atoms with E-state index in [2.05, 4.69) is 15.9 Å². The van der Waals surface area contributed by atoms with Gasteiger partial charge in [-0.3, -0.25) is 53.1 Å². The number of carbonyl (C=O) groups excluding carboxylic acids is 10. The highest BCUT2D eigenvalue weighted by Gasteiger charge is 2.36. The van der Waals surface area contributed by atoms with E-state index in [0.717, 1.165) is 23.5 Å². The molecular formula is C65H108BrClN6O17. The highest BCUT2D eigenvalue weighted by molar-refractivity contribution is 9.09. The van der Waals surface area contributed by atoms with E-state index in [-0.39, 0.29) is 107 Å². The fraction of sp³-hybridized carbons (Fsp3) is 0.662. The number of rotatable bonds is 19. The summed E-state index contributed by atoms with van der Waals surface area (Å²) in [4.78, 5) is 125. The van der Waals surface area contributed by atoms with E-state index in [4.69, 9.17) is 40.0 Å². The van der Waals surface area contributed by atoms with Crippen LogP contribution >= 0.6 is 27.5 Å². The van der Waals surface area contributed by atoms with Gasteiger partial charge in [-0.2, -0.15) is 0 Å². The van der Waals surface area contributed by atoms with Gasteiger partial charge in [0.05, 0.1) is 50.8 Å². The summed E-state index contributed by atoms with van der Waals surface area (Å²) in [5, 5.41) is 9.50. The molecule has 3 aliphatic heterocycles. The van der Waals surface area contributed by atoms with Crippen molar-refractivity contribution in [2.75, 3.05) is 105 Å². The fourth-order valence-corrected chi connectivity index (χ4v) is 8.64. The minimum Gasteiger partial charge on any atom is -0.497 e. The van der Waals surface area contributed by atoms with Crippen molar-refractivity contribution in [2.24, 2.45) is 0 Å². The number of ether oxygens (including phenoxy) is 6. The molecule has 3 saturated heterocycles. The van der Waals surface area contributed by atoms with Crippen LogP contribution < -0.4 is 9.47 Å². The monoisotopic (exact) mass is 1360 g/mol. The predicted molar refractivity (Wildman–Crippen MR) is 353 cm³/mol. The van der Waals surface area contributed by atoms with Crippen LogP contribution in [0.2, 0.25) is 0 Å². The second-order valence-electron chi connectivity index (χ2n) is 22.5. The van der Waals surface area contributed by atoms with Gasteiger partial charge in [-0.15, -0.1) is 0 Å². The summed E-state index contributed by atoms with van der Waals surface area (Å²) in [6.45, 7) is 24.8. The van der Waals surface area contributed by atoms with Crippen LogP contribution in [0.1, 0.15) is 149 Å². The number of Topliss-reactive ketones (excluding diaryl/α,β-unsaturated/α-hetero) is 2. The molecule has 0 radical (unpaired) electrons. The van der Waals surface area contributed by atoms with Crippen LogP contribution in [0.3, 0.4) is 0 Å². The van der Waals surface area contributed by atoms with Gasteiger partial charge in [-0.05, 0) is 101 Å². The highest BCUT2D eigenvalue weighted by atomic mass is 79.9. The van der Waals surface area contributed by atoms with Crippen molar-refractivity contribution in [3.8, 4) is 11.5 Å². The van der Waals surface area contributed by atoms with Crippen LogP contribution in [-0.2, 0) is 70.1 Å². The number of alkyl halides is 1. The Morgan fingerprint density at radius 2 is 0.878 bits per heavy atom. The number of methoxy groups -OCH3 is 2. The quantitative estimate of drug-likeness (QED) is 0.0594. The number of ketones is 2. The van der Waals surface area contributed by atoms with Crippen LogP contribution in [0.25, 0.3) is 0 Å². The van der Waals surface area contributed by atoms with Gasteiger partial charge in [0.2, 0.25) is 23.0 Å². The Balaban J connectivity index is -0.00000111. The topological polar surface area (TPSA) is 266 Å². The zero-order chi connectivity index (χ0) is 66.0. The minimum atomic E-state index is -0.598. The molecule has 90 heavy (non-hydrogen) atoms. The second kappa shape index (κ2) is 45.8. The van der Waals surface area contributed by atoms with E-state index >= 15 is 0 Å². The zero-order valence-corrected chi connectivity index (χ0v) is 56.0. The number of esters is 2. The number of aliphatic hydroxyl groups is 1. The normalized spacial score (nSPS) is 16.1. The standard InChI is InChI=1S/C21H30N2O5.C15H26N2O5.C12H22N2O4.C11H13BrO2.C3H5ClO.3CH4/c1-4-21(26)28-15-18-13-22(16(2)24)11-12-23(18)14-19(25)8-5-17-6-9-20(27-3)10-7-17;1-6-13(19)21-10-12-9-16(11(2)18)7-8-17(12)14(20)22-15(3,4)5;1-9(16)13-5-6-14(10(7-13)8-15)11(17)18-12(2,3)4;1-14-11-6-3-9(4-7-11)2-5-10(13)8-12;1-2-3(4)5;;;/h6-7,9-10,18H,4-5,8,11-15H2,1-3H3;12H,6-10H2,1-5H3;10,15H,5-8H2,1-4H3;3-4,6-7H,2,5,8H2,1H3;2H2,1H3;3*1H4. The van der Waals surface area contributed by atoms with Crippen LogP contribution in [-0.4, -0.2) is 227 Å². The molecule has 5 rings (SSSR count). The molecule has 2 aromatic carbocycles. The minimum absolute atomic E-state index is 0. The van der Waals surface area contributed by atoms with E-state index in [1.165, 1.54) is 36.1 Å². The Kier molecular flexibility index (Phi) is 44.7. The molecule has 3 fully saturated rings. The van der Waals surface area contributed by atoms with Crippen molar-refractivity contribution in [1.82, 2.24) is 29.4 Å². The Hall–Kier alpha value is -6.37. The summed E-state index contributed by atoms with van der Waals surface area (Å²) in [7, 11) is 3.27. The Morgan fingerprint density at radius 3 is 1.21 bits per heavy atom. The first kappa shape index (κ1) is 87.8. The zero-order valence-electron chi connectivity index (χ0n) is 53.6. The number of amides is 5. The van der Waals surface area contributed by atoms with Gasteiger partial charge in [0.1, 0.15) is 47.5 Å². The average Bonchev–Trinajstić information content (AvgIpc) is 1.34. The number of piperazine rings is 3. The number of carbonyl (C=O) groups is 10. The maximum Gasteiger partial charge on any atom is 0.410 e. The van der Waals surface area contributed by atoms with Gasteiger partial charge < -0.3 is 48.2 Å². The van der Waals surface area contributed by atoms with E-state index in [1.54, 1.807) is 91.2 Å². The van der Waals surface area contributed by atoms with Crippen molar-refractivity contribution in [1.29, 1.82) is 0 Å². The Bertz CT molecular complexity index is 2490. The summed E-state index contributed by atoms with van der Waals surface area (Å²) in [5.41, 5.74) is 1.10. The van der Waals surface area contributed by atoms with Crippen molar-refractivity contribution >= 4 is 86.2 Å². The second-order valence-corrected chi connectivity index (χ2v) is 23.5. The molecule has 0 aliphatic carbocycles. The van der Waals surface area contributed by atoms with Gasteiger partial charge in [0, 0.05) is 112 Å². The third-order valence-electron chi connectivity index (χ3n) is 13.3. The number of hydrogen-bond acceptors (Lipinski definition) is 18. The third kappa shape index (κ3) is 36.5. The molecule has 3 heterocycles. The molecule has 3 aliphatic rings. The molecule has 23 nitrogen and oxygen atoms in total. The molecular weight excluding hydrogens is 1250 g/mol. The largest absolute Gasteiger partial charge is 0.497 e. The van der Waals surface area contributed by atoms with Crippen LogP contribution in [0.15, 0.2) is 48.5 Å². The van der Waals surface area contributed by atoms with Gasteiger partial charge in [-0.1, -0.05) is 83.2 Å². The lowest BCUT2D eigenvalue weighted by Crippen LogP contribution is -2.58. The van der Waals surface area contributed by atoms with E-state index in [9.17, 15) is 53.1 Å². The number of nitrogens with zero attached hydrogens (tertiary/aromatic N) is 6. The van der Waals surface area contributed by atoms with Crippen molar-refractivity contribution in [2.45, 2.75) is 180 Å². The number of benzene rings is 2. The van der Waals surface area contributed by atoms with Crippen molar-refractivity contribution < 1.29 is 81.5 Å². The lowest BCUT2D eigenvalue weighted by Gasteiger charge is -2.41. The number of aryl methyl sites for hydroxylation is 2. The SMILES string of the molecule is C.C.C.CC(=O)N1CCN(C(=O)OC(C)(C)C)C(CO)C1.CCC(=O)Cl.CCC(=O)OCC1CN(C(C)=O)CCN1C(=O)OC(C)(C)C.CCC(=O)OCC1CN(C(C)=O)CCN1CC(=O)CCc1ccc(OC)cc1.COc1ccc(CCC(=O)CBr)cc1. The summed E-state index contributed by atoms with van der Waals surface area (Å²) in [5.74, 6) is 1.31. The smallest absolute Gasteiger partial charge is 0.410 e. The maximum absolute atomic E-state index is 12.5. The number of hydrogen-bond donors (Lipinski definition) is 1. The molecule has 0 bridgehead atoms. The summed E-state index contributed by atoms with van der Waals surface area (Å²) in [6.07, 6.45) is 2.64. The molecule has 3 unspecified atom stereocenters. The highest BCUT2D eigenvalue weighted by Crippen LogP contribution is 2.20. The molecule has 0 saturated carbocycles. The first-order valence-corrected chi connectivity index (χ1v) is 30.8. The maximum atomic E-state index is 12.5. The molecule has 0 aromatic heterocycles. The molecule has 25 heteroatoms. The van der Waals surface area contributed by atoms with E-state index in [1.807, 2.05) is 53.4 Å². The summed E-state index contributed by atoms with van der Waals surface area (Å²) >= 11 is 7.96. The number of aliphatic hydroxyl groups excluding tert-OH is 1. The molecule has 1 N–H and O–H groups in total. The van der Waals surface area contributed by atoms with Gasteiger partial charge in [0.15, 0.2) is 0 Å². The third-order valence-corrected chi connectivity index (χ3v) is 14.2. The van der Waals surface area contributed by atoms with Crippen molar-refractivity contribution in [3.05, 3.63) is 59.7 Å². The first-order valence-electron chi connectivity index (χ1n) is 29.3. The lowest BCUT2D eigenvalue weighted by atomic mass is 10.1. The molecule has 514 valence electrons. The summed E-state index contributed by atoms with van der Waals surface area (Å²) < 4.78 is 31.3. The van der Waals surface area contributed by atoms with Crippen LogP contribution in [0.5, 0.6) is 11.5 Å². The van der Waals surface area contributed by atoms with Gasteiger partial charge in [0.25, 0.3) is 0 Å². The first-order chi connectivity index (χ1) is 40.8.